The van der Waals surface area contributed by atoms with Crippen molar-refractivity contribution in [1.82, 2.24) is 0 Å². The van der Waals surface area contributed by atoms with Gasteiger partial charge in [0.05, 0.1) is 0 Å². The first kappa shape index (κ1) is 13.8. The second-order valence-electron chi connectivity index (χ2n) is 2.55. The molecule has 0 radical (unpaired) electrons. The Balaban J connectivity index is 4.27. The predicted molar refractivity (Wildman–Crippen MR) is 36.8 cm³/mol. The molecule has 0 atom stereocenters. The van der Waals surface area contributed by atoms with E-state index >= 15 is 0 Å². The van der Waals surface area contributed by atoms with Crippen molar-refractivity contribution in [2.45, 2.75) is 19.3 Å². The molecule has 88 valence electrons. The lowest BCUT2D eigenvalue weighted by Gasteiger charge is -2.08. The highest BCUT2D eigenvalue weighted by molar-refractivity contribution is 5.82. The minimum atomic E-state index is -4.75. The van der Waals surface area contributed by atoms with Crippen LogP contribution in [0.3, 0.4) is 0 Å². The molecule has 0 aromatic carbocycles. The summed E-state index contributed by atoms with van der Waals surface area (Å²) in [5, 5.41) is 0. The lowest BCUT2D eigenvalue weighted by molar-refractivity contribution is -0.182. The smallest absolute Gasteiger partial charge is 0.422 e. The van der Waals surface area contributed by atoms with Crippen LogP contribution in [-0.4, -0.2) is 24.9 Å². The fraction of sp³-hybridized carbons (Fsp3) is 0.571. The van der Waals surface area contributed by atoms with Gasteiger partial charge >= 0.3 is 18.3 Å². The molecule has 0 saturated carbocycles. The van der Waals surface area contributed by atoms with Gasteiger partial charge in [0.1, 0.15) is 0 Å². The number of hydrogen-bond donors (Lipinski definition) is 0. The lowest BCUT2D eigenvalue weighted by Crippen LogP contribution is -2.20. The zero-order valence-electron chi connectivity index (χ0n) is 7.37. The molecule has 0 N–H and O–H groups in total. The van der Waals surface area contributed by atoms with Crippen LogP contribution in [0.5, 0.6) is 0 Å². The minimum Gasteiger partial charge on any atom is -0.453 e. The Labute approximate surface area is 80.5 Å². The number of allylic oxidation sites excluding steroid dienone is 1. The third-order valence-electron chi connectivity index (χ3n) is 1.16. The lowest BCUT2D eigenvalue weighted by atomic mass is 10.3. The summed E-state index contributed by atoms with van der Waals surface area (Å²) in [5.41, 5.74) is -1.32. The van der Waals surface area contributed by atoms with Crippen LogP contribution >= 0.6 is 0 Å². The summed E-state index contributed by atoms with van der Waals surface area (Å²) < 4.78 is 73.3. The molecule has 0 fully saturated rings. The molecule has 8 heteroatoms. The van der Waals surface area contributed by atoms with Crippen LogP contribution in [0.1, 0.15) is 6.92 Å². The van der Waals surface area contributed by atoms with Gasteiger partial charge in [0.2, 0.25) is 0 Å². The van der Waals surface area contributed by atoms with E-state index < -0.39 is 30.5 Å². The Bertz CT molecular complexity index is 262. The maximum absolute atomic E-state index is 11.8. The van der Waals surface area contributed by atoms with E-state index in [1.165, 1.54) is 0 Å². The van der Waals surface area contributed by atoms with Crippen molar-refractivity contribution in [1.29, 1.82) is 0 Å². The SMILES string of the molecule is CC(=CC(=O)OCC(F)(F)F)C(F)(F)F. The van der Waals surface area contributed by atoms with E-state index in [1.54, 1.807) is 0 Å². The molecule has 0 amide bonds. The first-order valence-electron chi connectivity index (χ1n) is 3.51. The summed E-state index contributed by atoms with van der Waals surface area (Å²) in [7, 11) is 0. The van der Waals surface area contributed by atoms with Crippen LogP contribution in [0.15, 0.2) is 11.6 Å². The molecule has 0 heterocycles. The number of alkyl halides is 6. The topological polar surface area (TPSA) is 26.3 Å². The van der Waals surface area contributed by atoms with Crippen LogP contribution in [0.4, 0.5) is 26.3 Å². The van der Waals surface area contributed by atoms with Gasteiger partial charge in [0.25, 0.3) is 0 Å². The number of carbonyl (C=O) groups excluding carboxylic acids is 1. The molecule has 0 saturated heterocycles. The van der Waals surface area contributed by atoms with Gasteiger partial charge in [-0.15, -0.1) is 0 Å². The van der Waals surface area contributed by atoms with E-state index in [1.807, 2.05) is 0 Å². The zero-order chi connectivity index (χ0) is 12.3. The zero-order valence-corrected chi connectivity index (χ0v) is 7.37. The average molecular weight is 236 g/mol. The van der Waals surface area contributed by atoms with E-state index in [9.17, 15) is 31.1 Å². The van der Waals surface area contributed by atoms with E-state index in [4.69, 9.17) is 0 Å². The van der Waals surface area contributed by atoms with Crippen LogP contribution < -0.4 is 0 Å². The number of ether oxygens (including phenoxy) is 1. The van der Waals surface area contributed by atoms with Gasteiger partial charge in [-0.25, -0.2) is 4.79 Å². The van der Waals surface area contributed by atoms with Crippen LogP contribution in [-0.2, 0) is 9.53 Å². The molecule has 0 aliphatic heterocycles. The second kappa shape index (κ2) is 4.54. The normalized spacial score (nSPS) is 13.9. The number of hydrogen-bond acceptors (Lipinski definition) is 2. The van der Waals surface area contributed by atoms with Crippen molar-refractivity contribution >= 4 is 5.97 Å². The molecule has 0 bridgehead atoms. The highest BCUT2D eigenvalue weighted by atomic mass is 19.4. The molecule has 0 spiro atoms. The maximum atomic E-state index is 11.8. The van der Waals surface area contributed by atoms with Gasteiger partial charge in [-0.1, -0.05) is 0 Å². The maximum Gasteiger partial charge on any atom is 0.422 e. The molecule has 0 unspecified atom stereocenters. The van der Waals surface area contributed by atoms with Crippen molar-refractivity contribution < 1.29 is 35.9 Å². The van der Waals surface area contributed by atoms with Gasteiger partial charge in [-0.3, -0.25) is 0 Å². The molecule has 0 aromatic heterocycles. The van der Waals surface area contributed by atoms with Crippen molar-refractivity contribution in [3.05, 3.63) is 11.6 Å². The van der Waals surface area contributed by atoms with Crippen LogP contribution in [0.25, 0.3) is 0 Å². The van der Waals surface area contributed by atoms with Gasteiger partial charge < -0.3 is 4.74 Å². The minimum absolute atomic E-state index is 0.0360. The van der Waals surface area contributed by atoms with E-state index in [2.05, 4.69) is 4.74 Å². The molecule has 0 aromatic rings. The fourth-order valence-corrected chi connectivity index (χ4v) is 0.453. The first-order chi connectivity index (χ1) is 6.52. The Hall–Kier alpha value is -1.21. The Kier molecular flexibility index (Phi) is 4.17. The fourth-order valence-electron chi connectivity index (χ4n) is 0.453. The van der Waals surface area contributed by atoms with Crippen molar-refractivity contribution in [3.8, 4) is 0 Å². The highest BCUT2D eigenvalue weighted by Gasteiger charge is 2.32. The quantitative estimate of drug-likeness (QED) is 0.418. The Morgan fingerprint density at radius 1 is 1.20 bits per heavy atom. The van der Waals surface area contributed by atoms with Gasteiger partial charge in [0, 0.05) is 11.6 Å². The molecule has 0 rings (SSSR count). The number of carbonyl (C=O) groups is 1. The van der Waals surface area contributed by atoms with Gasteiger partial charge in [0.15, 0.2) is 6.61 Å². The van der Waals surface area contributed by atoms with Gasteiger partial charge in [-0.05, 0) is 6.92 Å². The van der Waals surface area contributed by atoms with Crippen LogP contribution in [0, 0.1) is 0 Å². The predicted octanol–water partition coefficient (Wildman–Crippen LogP) is 2.60. The molecule has 15 heavy (non-hydrogen) atoms. The molecule has 0 aliphatic rings. The monoisotopic (exact) mass is 236 g/mol. The van der Waals surface area contributed by atoms with E-state index in [0.29, 0.717) is 6.92 Å². The Morgan fingerprint density at radius 2 is 1.67 bits per heavy atom. The molecular weight excluding hydrogens is 230 g/mol. The third kappa shape index (κ3) is 6.81. The van der Waals surface area contributed by atoms with Crippen LogP contribution in [0.2, 0.25) is 0 Å². The van der Waals surface area contributed by atoms with Crippen molar-refractivity contribution in [2.75, 3.05) is 6.61 Å². The Morgan fingerprint density at radius 3 is 2.00 bits per heavy atom. The molecule has 0 aliphatic carbocycles. The van der Waals surface area contributed by atoms with Crippen molar-refractivity contribution in [2.24, 2.45) is 0 Å². The largest absolute Gasteiger partial charge is 0.453 e. The summed E-state index contributed by atoms with van der Waals surface area (Å²) in [6.45, 7) is -1.36. The average Bonchev–Trinajstić information content (AvgIpc) is 1.97. The summed E-state index contributed by atoms with van der Waals surface area (Å²) >= 11 is 0. The first-order valence-corrected chi connectivity index (χ1v) is 3.51. The number of rotatable bonds is 2. The summed E-state index contributed by atoms with van der Waals surface area (Å²) in [4.78, 5) is 10.4. The number of halogens is 6. The third-order valence-corrected chi connectivity index (χ3v) is 1.16. The van der Waals surface area contributed by atoms with Crippen molar-refractivity contribution in [3.63, 3.8) is 0 Å². The summed E-state index contributed by atoms with van der Waals surface area (Å²) in [6.07, 6.45) is -9.54. The molecule has 2 nitrogen and oxygen atoms in total. The standard InChI is InChI=1S/C7H6F6O2/c1-4(7(11,12)13)2-5(14)15-3-6(8,9)10/h2H,3H2,1H3. The van der Waals surface area contributed by atoms with E-state index in [0.717, 1.165) is 0 Å². The molecular formula is C7H6F6O2. The summed E-state index contributed by atoms with van der Waals surface area (Å²) in [6, 6.07) is 0. The van der Waals surface area contributed by atoms with E-state index in [-0.39, 0.29) is 6.08 Å². The number of esters is 1. The van der Waals surface area contributed by atoms with Gasteiger partial charge in [-0.2, -0.15) is 26.3 Å². The summed E-state index contributed by atoms with van der Waals surface area (Å²) in [5.74, 6) is -1.68. The highest BCUT2D eigenvalue weighted by Crippen LogP contribution is 2.24. The second-order valence-corrected chi connectivity index (χ2v) is 2.55.